The van der Waals surface area contributed by atoms with E-state index in [9.17, 15) is 0 Å². The van der Waals surface area contributed by atoms with Crippen molar-refractivity contribution in [2.24, 2.45) is 0 Å². The van der Waals surface area contributed by atoms with E-state index >= 15 is 0 Å². The normalized spacial score (nSPS) is 16.9. The van der Waals surface area contributed by atoms with E-state index in [1.54, 1.807) is 11.8 Å². The van der Waals surface area contributed by atoms with Crippen LogP contribution in [0.4, 0.5) is 5.69 Å². The standard InChI is InChI=1S/C15H14BrNO2S/c16-10-5-6-15(12(17)7-10)20-9-11-8-18-13-3-1-2-4-14(13)19-11/h1-7,11H,8-9,17H2. The fourth-order valence-corrected chi connectivity index (χ4v) is 3.28. The molecule has 0 spiro atoms. The molecule has 0 saturated carbocycles. The maximum absolute atomic E-state index is 5.99. The molecule has 0 aliphatic carbocycles. The van der Waals surface area contributed by atoms with Crippen LogP contribution < -0.4 is 15.2 Å². The van der Waals surface area contributed by atoms with Crippen molar-refractivity contribution in [3.63, 3.8) is 0 Å². The summed E-state index contributed by atoms with van der Waals surface area (Å²) < 4.78 is 12.6. The minimum absolute atomic E-state index is 0.0398. The molecular formula is C15H14BrNO2S. The highest BCUT2D eigenvalue weighted by Gasteiger charge is 2.20. The molecule has 1 atom stereocenters. The van der Waals surface area contributed by atoms with E-state index < -0.39 is 0 Å². The van der Waals surface area contributed by atoms with Crippen molar-refractivity contribution >= 4 is 33.4 Å². The molecule has 104 valence electrons. The van der Waals surface area contributed by atoms with Gasteiger partial charge in [0.1, 0.15) is 12.7 Å². The van der Waals surface area contributed by atoms with Crippen molar-refractivity contribution in [3.8, 4) is 11.5 Å². The number of fused-ring (bicyclic) bond motifs is 1. The number of thioether (sulfide) groups is 1. The van der Waals surface area contributed by atoms with Crippen molar-refractivity contribution in [3.05, 3.63) is 46.9 Å². The number of hydrogen-bond donors (Lipinski definition) is 1. The molecular weight excluding hydrogens is 338 g/mol. The quantitative estimate of drug-likeness (QED) is 0.671. The summed E-state index contributed by atoms with van der Waals surface area (Å²) in [5, 5.41) is 0. The monoisotopic (exact) mass is 351 g/mol. The second kappa shape index (κ2) is 5.97. The number of halogens is 1. The lowest BCUT2D eigenvalue weighted by Gasteiger charge is -2.26. The molecule has 5 heteroatoms. The molecule has 0 amide bonds. The first-order valence-corrected chi connectivity index (χ1v) is 8.06. The van der Waals surface area contributed by atoms with Crippen LogP contribution in [0.25, 0.3) is 0 Å². The van der Waals surface area contributed by atoms with E-state index in [4.69, 9.17) is 15.2 Å². The fraction of sp³-hybridized carbons (Fsp3) is 0.200. The predicted molar refractivity (Wildman–Crippen MR) is 85.6 cm³/mol. The zero-order valence-electron chi connectivity index (χ0n) is 10.7. The van der Waals surface area contributed by atoms with Crippen molar-refractivity contribution in [2.75, 3.05) is 18.1 Å². The number of rotatable bonds is 3. The van der Waals surface area contributed by atoms with Crippen LogP contribution >= 0.6 is 27.7 Å². The molecule has 0 aromatic heterocycles. The lowest BCUT2D eigenvalue weighted by atomic mass is 10.3. The van der Waals surface area contributed by atoms with Gasteiger partial charge in [-0.25, -0.2) is 0 Å². The number of anilines is 1. The summed E-state index contributed by atoms with van der Waals surface area (Å²) in [5.41, 5.74) is 6.77. The van der Waals surface area contributed by atoms with Crippen LogP contribution in [0.2, 0.25) is 0 Å². The molecule has 2 N–H and O–H groups in total. The molecule has 3 nitrogen and oxygen atoms in total. The first-order chi connectivity index (χ1) is 9.72. The van der Waals surface area contributed by atoms with Crippen LogP contribution in [0.3, 0.4) is 0 Å². The van der Waals surface area contributed by atoms with Gasteiger partial charge in [0.2, 0.25) is 0 Å². The smallest absolute Gasteiger partial charge is 0.161 e. The SMILES string of the molecule is Nc1cc(Br)ccc1SCC1COc2ccccc2O1. The maximum Gasteiger partial charge on any atom is 0.161 e. The van der Waals surface area contributed by atoms with Crippen molar-refractivity contribution in [1.82, 2.24) is 0 Å². The van der Waals surface area contributed by atoms with Crippen LogP contribution in [0, 0.1) is 0 Å². The van der Waals surface area contributed by atoms with Crippen LogP contribution in [0.1, 0.15) is 0 Å². The van der Waals surface area contributed by atoms with Gasteiger partial charge in [-0.1, -0.05) is 28.1 Å². The van der Waals surface area contributed by atoms with E-state index in [0.717, 1.165) is 32.3 Å². The van der Waals surface area contributed by atoms with Crippen molar-refractivity contribution < 1.29 is 9.47 Å². The maximum atomic E-state index is 5.99. The Labute approximate surface area is 130 Å². The van der Waals surface area contributed by atoms with Gasteiger partial charge >= 0.3 is 0 Å². The molecule has 3 rings (SSSR count). The Morgan fingerprint density at radius 1 is 1.20 bits per heavy atom. The molecule has 20 heavy (non-hydrogen) atoms. The summed E-state index contributed by atoms with van der Waals surface area (Å²) in [4.78, 5) is 1.07. The zero-order chi connectivity index (χ0) is 13.9. The van der Waals surface area contributed by atoms with Crippen LogP contribution in [-0.4, -0.2) is 18.5 Å². The summed E-state index contributed by atoms with van der Waals surface area (Å²) >= 11 is 5.09. The van der Waals surface area contributed by atoms with Gasteiger partial charge in [0, 0.05) is 20.8 Å². The van der Waals surface area contributed by atoms with Crippen LogP contribution in [0.5, 0.6) is 11.5 Å². The average molecular weight is 352 g/mol. The Kier molecular flexibility index (Phi) is 4.08. The van der Waals surface area contributed by atoms with Gasteiger partial charge in [-0.2, -0.15) is 0 Å². The highest BCUT2D eigenvalue weighted by Crippen LogP contribution is 2.34. The number of ether oxygens (including phenoxy) is 2. The van der Waals surface area contributed by atoms with Crippen molar-refractivity contribution in [1.29, 1.82) is 0 Å². The number of nitrogens with two attached hydrogens (primary N) is 1. The summed E-state index contributed by atoms with van der Waals surface area (Å²) in [6.45, 7) is 0.570. The van der Waals surface area contributed by atoms with Gasteiger partial charge in [0.15, 0.2) is 11.5 Å². The molecule has 0 radical (unpaired) electrons. The third-order valence-electron chi connectivity index (χ3n) is 2.96. The Hall–Kier alpha value is -1.33. The Bertz CT molecular complexity index is 621. The molecule has 2 aromatic rings. The average Bonchev–Trinajstić information content (AvgIpc) is 2.46. The Balaban J connectivity index is 1.63. The van der Waals surface area contributed by atoms with Gasteiger partial charge < -0.3 is 15.2 Å². The summed E-state index contributed by atoms with van der Waals surface area (Å²) in [7, 11) is 0. The van der Waals surface area contributed by atoms with E-state index in [2.05, 4.69) is 15.9 Å². The summed E-state index contributed by atoms with van der Waals surface area (Å²) in [6, 6.07) is 13.7. The van der Waals surface area contributed by atoms with E-state index in [0.29, 0.717) is 6.61 Å². The Morgan fingerprint density at radius 2 is 2.00 bits per heavy atom. The highest BCUT2D eigenvalue weighted by atomic mass is 79.9. The molecule has 1 unspecified atom stereocenters. The number of benzene rings is 2. The zero-order valence-corrected chi connectivity index (χ0v) is 13.1. The third-order valence-corrected chi connectivity index (χ3v) is 4.68. The largest absolute Gasteiger partial charge is 0.486 e. The molecule has 1 aliphatic heterocycles. The molecule has 2 aromatic carbocycles. The van der Waals surface area contributed by atoms with Crippen LogP contribution in [0.15, 0.2) is 51.8 Å². The molecule has 0 bridgehead atoms. The minimum atomic E-state index is 0.0398. The second-order valence-corrected chi connectivity index (χ2v) is 6.47. The topological polar surface area (TPSA) is 44.5 Å². The van der Waals surface area contributed by atoms with E-state index in [-0.39, 0.29) is 6.10 Å². The first kappa shape index (κ1) is 13.6. The third kappa shape index (κ3) is 3.04. The molecule has 1 aliphatic rings. The van der Waals surface area contributed by atoms with Gasteiger partial charge in [-0.15, -0.1) is 11.8 Å². The lowest BCUT2D eigenvalue weighted by molar-refractivity contribution is 0.107. The minimum Gasteiger partial charge on any atom is -0.486 e. The van der Waals surface area contributed by atoms with Gasteiger partial charge in [0.25, 0.3) is 0 Å². The first-order valence-electron chi connectivity index (χ1n) is 6.28. The number of para-hydroxylation sites is 2. The van der Waals surface area contributed by atoms with Gasteiger partial charge in [-0.3, -0.25) is 0 Å². The van der Waals surface area contributed by atoms with Crippen molar-refractivity contribution in [2.45, 2.75) is 11.0 Å². The number of hydrogen-bond acceptors (Lipinski definition) is 4. The second-order valence-electron chi connectivity index (χ2n) is 4.49. The number of nitrogen functional groups attached to an aromatic ring is 1. The highest BCUT2D eigenvalue weighted by molar-refractivity contribution is 9.10. The lowest BCUT2D eigenvalue weighted by Crippen LogP contribution is -2.31. The predicted octanol–water partition coefficient (Wildman–Crippen LogP) is 3.96. The Morgan fingerprint density at radius 3 is 2.80 bits per heavy atom. The van der Waals surface area contributed by atoms with Gasteiger partial charge in [0.05, 0.1) is 0 Å². The summed E-state index contributed by atoms with van der Waals surface area (Å²) in [5.74, 6) is 2.44. The van der Waals surface area contributed by atoms with Gasteiger partial charge in [-0.05, 0) is 30.3 Å². The van der Waals surface area contributed by atoms with E-state index in [1.807, 2.05) is 42.5 Å². The molecule has 1 heterocycles. The van der Waals surface area contributed by atoms with Crippen LogP contribution in [-0.2, 0) is 0 Å². The van der Waals surface area contributed by atoms with E-state index in [1.165, 1.54) is 0 Å². The molecule has 0 fully saturated rings. The summed E-state index contributed by atoms with van der Waals surface area (Å²) in [6.07, 6.45) is 0.0398. The fourth-order valence-electron chi connectivity index (χ4n) is 1.98. The molecule has 0 saturated heterocycles.